The summed E-state index contributed by atoms with van der Waals surface area (Å²) in [6, 6.07) is 11.1. The summed E-state index contributed by atoms with van der Waals surface area (Å²) < 4.78 is 0. The molecule has 2 aromatic rings. The lowest BCUT2D eigenvalue weighted by atomic mass is 10.00. The maximum atomic E-state index is 10.8. The highest BCUT2D eigenvalue weighted by atomic mass is 16.6. The molecule has 0 fully saturated rings. The second kappa shape index (κ2) is 4.77. The zero-order chi connectivity index (χ0) is 14.0. The normalized spacial score (nSPS) is 10.1. The number of nitrogens with zero attached hydrogens (tertiary/aromatic N) is 1. The van der Waals surface area contributed by atoms with Crippen LogP contribution in [0.15, 0.2) is 42.5 Å². The predicted molar refractivity (Wildman–Crippen MR) is 74.3 cm³/mol. The van der Waals surface area contributed by atoms with Crippen LogP contribution in [0.3, 0.4) is 0 Å². The smallest absolute Gasteiger partial charge is 0.292 e. The van der Waals surface area contributed by atoms with Gasteiger partial charge in [-0.15, -0.1) is 0 Å². The lowest BCUT2D eigenvalue weighted by Crippen LogP contribution is -2.08. The van der Waals surface area contributed by atoms with Gasteiger partial charge in [-0.05, 0) is 12.1 Å². The topological polar surface area (TPSA) is 119 Å². The van der Waals surface area contributed by atoms with Crippen LogP contribution in [0.25, 0.3) is 0 Å². The van der Waals surface area contributed by atoms with Crippen molar-refractivity contribution in [3.05, 3.63) is 63.7 Å². The van der Waals surface area contributed by atoms with Crippen molar-refractivity contribution in [3.8, 4) is 0 Å². The molecule has 0 aliphatic rings. The molecule has 0 aliphatic heterocycles. The number of rotatable bonds is 3. The molecule has 0 unspecified atom stereocenters. The quantitative estimate of drug-likeness (QED) is 0.337. The van der Waals surface area contributed by atoms with Gasteiger partial charge in [-0.3, -0.25) is 15.5 Å². The van der Waals surface area contributed by atoms with Crippen molar-refractivity contribution in [3.63, 3.8) is 0 Å². The molecule has 0 saturated carbocycles. The minimum Gasteiger partial charge on any atom is -0.399 e. The maximum Gasteiger partial charge on any atom is 0.292 e. The van der Waals surface area contributed by atoms with E-state index in [1.54, 1.807) is 30.3 Å². The van der Waals surface area contributed by atoms with Crippen molar-refractivity contribution in [1.82, 2.24) is 0 Å². The number of para-hydroxylation sites is 1. The first-order chi connectivity index (χ1) is 9.00. The third kappa shape index (κ3) is 2.37. The standard InChI is InChI=1S/C13H12N4O2/c14-9-4-1-3-8(7-9)12(15)10-5-2-6-11(13(10)16)17(18)19/h1-7,15H,14,16H2. The molecule has 0 bridgehead atoms. The first-order valence-electron chi connectivity index (χ1n) is 5.48. The van der Waals surface area contributed by atoms with E-state index in [-0.39, 0.29) is 17.1 Å². The number of hydrogen-bond acceptors (Lipinski definition) is 5. The Bertz CT molecular complexity index is 667. The summed E-state index contributed by atoms with van der Waals surface area (Å²) in [5.41, 5.74) is 12.7. The Morgan fingerprint density at radius 1 is 1.16 bits per heavy atom. The predicted octanol–water partition coefficient (Wildman–Crippen LogP) is 2.18. The maximum absolute atomic E-state index is 10.8. The van der Waals surface area contributed by atoms with E-state index >= 15 is 0 Å². The van der Waals surface area contributed by atoms with Crippen molar-refractivity contribution in [2.24, 2.45) is 0 Å². The Morgan fingerprint density at radius 3 is 2.47 bits per heavy atom. The van der Waals surface area contributed by atoms with Crippen LogP contribution in [0.5, 0.6) is 0 Å². The molecular formula is C13H12N4O2. The summed E-state index contributed by atoms with van der Waals surface area (Å²) in [6.45, 7) is 0. The molecule has 0 heterocycles. The van der Waals surface area contributed by atoms with E-state index in [2.05, 4.69) is 0 Å². The molecule has 0 aromatic heterocycles. The molecule has 0 atom stereocenters. The summed E-state index contributed by atoms with van der Waals surface area (Å²) >= 11 is 0. The van der Waals surface area contributed by atoms with Crippen molar-refractivity contribution in [2.45, 2.75) is 0 Å². The van der Waals surface area contributed by atoms with Gasteiger partial charge >= 0.3 is 0 Å². The Labute approximate surface area is 109 Å². The van der Waals surface area contributed by atoms with Crippen LogP contribution in [0.4, 0.5) is 17.1 Å². The number of nitrogens with one attached hydrogen (secondary N) is 1. The number of nitro benzene ring substituents is 1. The Balaban J connectivity index is 2.51. The van der Waals surface area contributed by atoms with E-state index in [0.29, 0.717) is 16.8 Å². The fourth-order valence-electron chi connectivity index (χ4n) is 1.78. The van der Waals surface area contributed by atoms with Crippen molar-refractivity contribution < 1.29 is 4.92 Å². The molecule has 6 heteroatoms. The van der Waals surface area contributed by atoms with Gasteiger partial charge in [-0.25, -0.2) is 0 Å². The van der Waals surface area contributed by atoms with E-state index in [4.69, 9.17) is 16.9 Å². The molecule has 19 heavy (non-hydrogen) atoms. The van der Waals surface area contributed by atoms with Crippen molar-refractivity contribution in [1.29, 1.82) is 5.41 Å². The van der Waals surface area contributed by atoms with Gasteiger partial charge in [0.05, 0.1) is 10.6 Å². The molecule has 96 valence electrons. The molecule has 0 radical (unpaired) electrons. The molecule has 0 aliphatic carbocycles. The minimum absolute atomic E-state index is 0.0140. The third-order valence-electron chi connectivity index (χ3n) is 2.72. The number of anilines is 2. The summed E-state index contributed by atoms with van der Waals surface area (Å²) in [7, 11) is 0. The van der Waals surface area contributed by atoms with Crippen molar-refractivity contribution >= 4 is 22.8 Å². The zero-order valence-electron chi connectivity index (χ0n) is 9.96. The first kappa shape index (κ1) is 12.6. The van der Waals surface area contributed by atoms with Crippen LogP contribution >= 0.6 is 0 Å². The van der Waals surface area contributed by atoms with Gasteiger partial charge in [0, 0.05) is 22.9 Å². The number of benzene rings is 2. The second-order valence-electron chi connectivity index (χ2n) is 4.00. The average molecular weight is 256 g/mol. The van der Waals surface area contributed by atoms with Crippen LogP contribution in [0.1, 0.15) is 11.1 Å². The number of nitrogen functional groups attached to an aromatic ring is 2. The lowest BCUT2D eigenvalue weighted by Gasteiger charge is -2.08. The van der Waals surface area contributed by atoms with Gasteiger partial charge in [0.1, 0.15) is 5.69 Å². The molecule has 0 spiro atoms. The molecule has 5 N–H and O–H groups in total. The van der Waals surface area contributed by atoms with Gasteiger partial charge < -0.3 is 11.5 Å². The summed E-state index contributed by atoms with van der Waals surface area (Å²) in [5.74, 6) is 0. The van der Waals surface area contributed by atoms with Gasteiger partial charge in [0.25, 0.3) is 5.69 Å². The number of hydrogen-bond donors (Lipinski definition) is 3. The van der Waals surface area contributed by atoms with Gasteiger partial charge in [0.2, 0.25) is 0 Å². The summed E-state index contributed by atoms with van der Waals surface area (Å²) in [6.07, 6.45) is 0. The summed E-state index contributed by atoms with van der Waals surface area (Å²) in [5, 5.41) is 18.9. The van der Waals surface area contributed by atoms with Gasteiger partial charge in [-0.1, -0.05) is 24.3 Å². The van der Waals surface area contributed by atoms with Crippen LogP contribution in [0.2, 0.25) is 0 Å². The van der Waals surface area contributed by atoms with E-state index in [9.17, 15) is 10.1 Å². The molecular weight excluding hydrogens is 244 g/mol. The van der Waals surface area contributed by atoms with Gasteiger partial charge in [0.15, 0.2) is 0 Å². The van der Waals surface area contributed by atoms with Crippen LogP contribution in [0, 0.1) is 15.5 Å². The first-order valence-corrected chi connectivity index (χ1v) is 5.48. The van der Waals surface area contributed by atoms with Crippen LogP contribution in [-0.4, -0.2) is 10.6 Å². The summed E-state index contributed by atoms with van der Waals surface area (Å²) in [4.78, 5) is 10.3. The van der Waals surface area contributed by atoms with Gasteiger partial charge in [-0.2, -0.15) is 0 Å². The fraction of sp³-hybridized carbons (Fsp3) is 0. The Hall–Kier alpha value is -2.89. The molecule has 2 aromatic carbocycles. The van der Waals surface area contributed by atoms with E-state index in [0.717, 1.165) is 0 Å². The SMILES string of the molecule is N=C(c1cccc(N)c1)c1cccc([N+](=O)[O-])c1N. The van der Waals surface area contributed by atoms with Crippen molar-refractivity contribution in [2.75, 3.05) is 11.5 Å². The molecule has 0 amide bonds. The molecule has 0 saturated heterocycles. The minimum atomic E-state index is -0.564. The Kier molecular flexibility index (Phi) is 3.15. The lowest BCUT2D eigenvalue weighted by molar-refractivity contribution is -0.383. The second-order valence-corrected chi connectivity index (χ2v) is 4.00. The highest BCUT2D eigenvalue weighted by Gasteiger charge is 2.17. The Morgan fingerprint density at radius 2 is 1.84 bits per heavy atom. The number of nitro groups is 1. The van der Waals surface area contributed by atoms with E-state index in [1.807, 2.05) is 0 Å². The van der Waals surface area contributed by atoms with E-state index in [1.165, 1.54) is 12.1 Å². The number of nitrogens with two attached hydrogens (primary N) is 2. The highest BCUT2D eigenvalue weighted by molar-refractivity contribution is 6.15. The zero-order valence-corrected chi connectivity index (χ0v) is 9.96. The third-order valence-corrected chi connectivity index (χ3v) is 2.72. The molecule has 2 rings (SSSR count). The van der Waals surface area contributed by atoms with E-state index < -0.39 is 4.92 Å². The highest BCUT2D eigenvalue weighted by Crippen LogP contribution is 2.27. The van der Waals surface area contributed by atoms with Crippen LogP contribution in [-0.2, 0) is 0 Å². The molecule has 6 nitrogen and oxygen atoms in total. The average Bonchev–Trinajstić information content (AvgIpc) is 2.38. The van der Waals surface area contributed by atoms with Crippen LogP contribution < -0.4 is 11.5 Å². The fourth-order valence-corrected chi connectivity index (χ4v) is 1.78. The largest absolute Gasteiger partial charge is 0.399 e. The monoisotopic (exact) mass is 256 g/mol.